The number of hydrogen-bond donors (Lipinski definition) is 2. The monoisotopic (exact) mass is 276 g/mol. The Hall–Kier alpha value is -1.59. The minimum atomic E-state index is -0.102. The van der Waals surface area contributed by atoms with E-state index in [1.54, 1.807) is 0 Å². The Morgan fingerprint density at radius 3 is 3.10 bits per heavy atom. The van der Waals surface area contributed by atoms with Crippen LogP contribution in [0.3, 0.4) is 0 Å². The molecule has 1 aromatic rings. The van der Waals surface area contributed by atoms with E-state index in [1.165, 1.54) is 0 Å². The third kappa shape index (κ3) is 3.11. The van der Waals surface area contributed by atoms with Crippen LogP contribution in [-0.4, -0.2) is 44.9 Å². The second-order valence-electron chi connectivity index (χ2n) is 5.29. The number of nitrogens with one attached hydrogen (secondary N) is 2. The van der Waals surface area contributed by atoms with E-state index in [2.05, 4.69) is 10.6 Å². The molecule has 108 valence electrons. The number of ether oxygens (including phenoxy) is 2. The number of benzene rings is 1. The number of hydrogen-bond acceptors (Lipinski definition) is 4. The predicted molar refractivity (Wildman–Crippen MR) is 74.8 cm³/mol. The Kier molecular flexibility index (Phi) is 4.18. The quantitative estimate of drug-likeness (QED) is 0.836. The molecule has 1 amide bonds. The highest BCUT2D eigenvalue weighted by Gasteiger charge is 2.26. The smallest absolute Gasteiger partial charge is 0.226 e. The average Bonchev–Trinajstić information content (AvgIpc) is 2.53. The van der Waals surface area contributed by atoms with Crippen molar-refractivity contribution in [1.29, 1.82) is 0 Å². The summed E-state index contributed by atoms with van der Waals surface area (Å²) in [5, 5.41) is 6.31. The molecule has 5 heteroatoms. The van der Waals surface area contributed by atoms with Crippen LogP contribution in [0.5, 0.6) is 5.75 Å². The van der Waals surface area contributed by atoms with Gasteiger partial charge in [0, 0.05) is 19.1 Å². The first-order valence-corrected chi connectivity index (χ1v) is 7.12. The van der Waals surface area contributed by atoms with Gasteiger partial charge in [0.1, 0.15) is 12.4 Å². The number of morpholine rings is 1. The Balaban J connectivity index is 1.51. The molecule has 2 heterocycles. The van der Waals surface area contributed by atoms with Crippen LogP contribution in [-0.2, 0) is 16.0 Å². The SMILES string of the molecule is O=C(NCC1COCCN1)C1COc2ccccc2C1. The van der Waals surface area contributed by atoms with E-state index in [0.29, 0.717) is 19.8 Å². The van der Waals surface area contributed by atoms with Gasteiger partial charge in [0.15, 0.2) is 0 Å². The molecule has 2 N–H and O–H groups in total. The van der Waals surface area contributed by atoms with Crippen molar-refractivity contribution < 1.29 is 14.3 Å². The lowest BCUT2D eigenvalue weighted by Gasteiger charge is -2.27. The molecule has 1 fully saturated rings. The van der Waals surface area contributed by atoms with Crippen molar-refractivity contribution in [2.75, 3.05) is 32.9 Å². The average molecular weight is 276 g/mol. The van der Waals surface area contributed by atoms with Gasteiger partial charge in [0.25, 0.3) is 0 Å². The van der Waals surface area contributed by atoms with E-state index in [9.17, 15) is 4.79 Å². The number of amides is 1. The Morgan fingerprint density at radius 2 is 2.25 bits per heavy atom. The minimum Gasteiger partial charge on any atom is -0.492 e. The molecule has 2 aliphatic rings. The molecule has 0 bridgehead atoms. The van der Waals surface area contributed by atoms with Crippen molar-refractivity contribution in [2.45, 2.75) is 12.5 Å². The Bertz CT molecular complexity index is 472. The number of carbonyl (C=O) groups excluding carboxylic acids is 1. The maximum Gasteiger partial charge on any atom is 0.226 e. The highest BCUT2D eigenvalue weighted by molar-refractivity contribution is 5.79. The molecule has 0 aromatic heterocycles. The normalized spacial score (nSPS) is 25.4. The topological polar surface area (TPSA) is 59.6 Å². The first-order valence-electron chi connectivity index (χ1n) is 7.12. The maximum absolute atomic E-state index is 12.2. The number of para-hydroxylation sites is 1. The van der Waals surface area contributed by atoms with Gasteiger partial charge in [-0.1, -0.05) is 18.2 Å². The van der Waals surface area contributed by atoms with Crippen LogP contribution in [0.2, 0.25) is 0 Å². The van der Waals surface area contributed by atoms with Gasteiger partial charge in [-0.3, -0.25) is 4.79 Å². The zero-order chi connectivity index (χ0) is 13.8. The number of fused-ring (bicyclic) bond motifs is 1. The molecular weight excluding hydrogens is 256 g/mol. The van der Waals surface area contributed by atoms with Crippen LogP contribution in [0, 0.1) is 5.92 Å². The molecule has 0 saturated carbocycles. The first-order chi connectivity index (χ1) is 9.83. The molecule has 0 aliphatic carbocycles. The summed E-state index contributed by atoms with van der Waals surface area (Å²) in [6.45, 7) is 3.32. The molecule has 5 nitrogen and oxygen atoms in total. The fourth-order valence-electron chi connectivity index (χ4n) is 2.62. The van der Waals surface area contributed by atoms with Crippen molar-refractivity contribution in [3.8, 4) is 5.75 Å². The molecule has 3 rings (SSSR count). The van der Waals surface area contributed by atoms with Crippen molar-refractivity contribution in [3.63, 3.8) is 0 Å². The van der Waals surface area contributed by atoms with Gasteiger partial charge in [0.05, 0.1) is 19.1 Å². The van der Waals surface area contributed by atoms with E-state index >= 15 is 0 Å². The van der Waals surface area contributed by atoms with Gasteiger partial charge in [-0.2, -0.15) is 0 Å². The second-order valence-corrected chi connectivity index (χ2v) is 5.29. The van der Waals surface area contributed by atoms with Gasteiger partial charge in [0.2, 0.25) is 5.91 Å². The summed E-state index contributed by atoms with van der Waals surface area (Å²) in [6, 6.07) is 8.11. The number of carbonyl (C=O) groups is 1. The van der Waals surface area contributed by atoms with Crippen LogP contribution < -0.4 is 15.4 Å². The summed E-state index contributed by atoms with van der Waals surface area (Å²) in [5.74, 6) is 0.861. The van der Waals surface area contributed by atoms with Crippen molar-refractivity contribution in [2.24, 2.45) is 5.92 Å². The molecule has 2 aliphatic heterocycles. The molecule has 2 atom stereocenters. The van der Waals surface area contributed by atoms with E-state index < -0.39 is 0 Å². The van der Waals surface area contributed by atoms with Crippen molar-refractivity contribution in [1.82, 2.24) is 10.6 Å². The Labute approximate surface area is 118 Å². The summed E-state index contributed by atoms with van der Waals surface area (Å²) >= 11 is 0. The van der Waals surface area contributed by atoms with Gasteiger partial charge in [-0.15, -0.1) is 0 Å². The molecule has 0 spiro atoms. The standard InChI is InChI=1S/C15H20N2O3/c18-15(17-8-13-10-19-6-5-16-13)12-7-11-3-1-2-4-14(11)20-9-12/h1-4,12-13,16H,5-10H2,(H,17,18). The fraction of sp³-hybridized carbons (Fsp3) is 0.533. The highest BCUT2D eigenvalue weighted by Crippen LogP contribution is 2.26. The molecule has 1 saturated heterocycles. The summed E-state index contributed by atoms with van der Waals surface area (Å²) in [4.78, 5) is 12.2. The largest absolute Gasteiger partial charge is 0.492 e. The van der Waals surface area contributed by atoms with Gasteiger partial charge in [-0.25, -0.2) is 0 Å². The predicted octanol–water partition coefficient (Wildman–Crippen LogP) is 0.342. The zero-order valence-electron chi connectivity index (χ0n) is 11.4. The van der Waals surface area contributed by atoms with Crippen LogP contribution in [0.25, 0.3) is 0 Å². The molecule has 0 radical (unpaired) electrons. The zero-order valence-corrected chi connectivity index (χ0v) is 11.4. The van der Waals surface area contributed by atoms with E-state index in [0.717, 1.165) is 30.9 Å². The summed E-state index contributed by atoms with van der Waals surface area (Å²) in [5.41, 5.74) is 1.11. The fourth-order valence-corrected chi connectivity index (χ4v) is 2.62. The molecule has 2 unspecified atom stereocenters. The second kappa shape index (κ2) is 6.24. The molecule has 20 heavy (non-hydrogen) atoms. The molecular formula is C15H20N2O3. The lowest BCUT2D eigenvalue weighted by Crippen LogP contribution is -2.50. The van der Waals surface area contributed by atoms with E-state index in [1.807, 2.05) is 24.3 Å². The van der Waals surface area contributed by atoms with Gasteiger partial charge in [-0.05, 0) is 18.1 Å². The Morgan fingerprint density at radius 1 is 1.35 bits per heavy atom. The summed E-state index contributed by atoms with van der Waals surface area (Å²) < 4.78 is 11.0. The number of rotatable bonds is 3. The summed E-state index contributed by atoms with van der Waals surface area (Å²) in [6.07, 6.45) is 0.747. The van der Waals surface area contributed by atoms with Crippen LogP contribution >= 0.6 is 0 Å². The molecule has 1 aromatic carbocycles. The maximum atomic E-state index is 12.2. The van der Waals surface area contributed by atoms with Gasteiger partial charge >= 0.3 is 0 Å². The van der Waals surface area contributed by atoms with Crippen molar-refractivity contribution >= 4 is 5.91 Å². The lowest BCUT2D eigenvalue weighted by atomic mass is 9.96. The first kappa shape index (κ1) is 13.4. The third-order valence-corrected chi connectivity index (χ3v) is 3.77. The third-order valence-electron chi connectivity index (χ3n) is 3.77. The lowest BCUT2D eigenvalue weighted by molar-refractivity contribution is -0.126. The minimum absolute atomic E-state index is 0.0619. The highest BCUT2D eigenvalue weighted by atomic mass is 16.5. The van der Waals surface area contributed by atoms with Gasteiger partial charge < -0.3 is 20.1 Å². The van der Waals surface area contributed by atoms with Crippen molar-refractivity contribution in [3.05, 3.63) is 29.8 Å². The summed E-state index contributed by atoms with van der Waals surface area (Å²) in [7, 11) is 0. The van der Waals surface area contributed by atoms with Crippen LogP contribution in [0.1, 0.15) is 5.56 Å². The van der Waals surface area contributed by atoms with E-state index in [4.69, 9.17) is 9.47 Å². The van der Waals surface area contributed by atoms with E-state index in [-0.39, 0.29) is 17.9 Å². The van der Waals surface area contributed by atoms with Crippen LogP contribution in [0.15, 0.2) is 24.3 Å². The van der Waals surface area contributed by atoms with Crippen LogP contribution in [0.4, 0.5) is 0 Å².